The van der Waals surface area contributed by atoms with Gasteiger partial charge in [-0.25, -0.2) is 8.42 Å². The smallest absolute Gasteiger partial charge is 0.264 e. The minimum atomic E-state index is -4.40. The first-order valence-corrected chi connectivity index (χ1v) is 18.0. The molecule has 4 rings (SSSR count). The van der Waals surface area contributed by atoms with Crippen molar-refractivity contribution in [3.8, 4) is 11.5 Å². The monoisotopic (exact) mass is 745 g/mol. The number of ether oxygens (including phenoxy) is 2. The van der Waals surface area contributed by atoms with Gasteiger partial charge in [-0.2, -0.15) is 0 Å². The fraction of sp³-hybridized carbons (Fsp3) is 0.278. The average molecular weight is 747 g/mol. The highest BCUT2D eigenvalue weighted by atomic mass is 35.5. The number of carbonyl (C=O) groups is 2. The Hall–Kier alpha value is -3.96. The highest BCUT2D eigenvalue weighted by Gasteiger charge is 2.35. The number of amides is 2. The molecule has 0 unspecified atom stereocenters. The molecule has 9 nitrogen and oxygen atoms in total. The summed E-state index contributed by atoms with van der Waals surface area (Å²) < 4.78 is 40.4. The molecule has 49 heavy (non-hydrogen) atoms. The molecule has 0 aliphatic rings. The minimum Gasteiger partial charge on any atom is -0.493 e. The molecule has 2 atom stereocenters. The summed E-state index contributed by atoms with van der Waals surface area (Å²) in [4.78, 5) is 29.9. The molecule has 0 spiro atoms. The van der Waals surface area contributed by atoms with Gasteiger partial charge >= 0.3 is 0 Å². The second kappa shape index (κ2) is 17.1. The van der Waals surface area contributed by atoms with Crippen molar-refractivity contribution in [1.29, 1.82) is 0 Å². The van der Waals surface area contributed by atoms with Crippen LogP contribution in [0.1, 0.15) is 31.4 Å². The molecular weight excluding hydrogens is 709 g/mol. The Morgan fingerprint density at radius 2 is 1.49 bits per heavy atom. The SMILES string of the molecule is CC[C@@H](C)NC(=O)[C@H](Cc1ccccc1)N(Cc1ccc(Cl)cc1Cl)C(=O)CN(c1ccc(Cl)cc1)S(=O)(=O)c1ccc(OC)c(OC)c1. The summed E-state index contributed by atoms with van der Waals surface area (Å²) in [5.41, 5.74) is 1.51. The van der Waals surface area contributed by atoms with Crippen LogP contribution >= 0.6 is 34.8 Å². The van der Waals surface area contributed by atoms with Crippen LogP contribution in [-0.4, -0.2) is 58.0 Å². The predicted octanol–water partition coefficient (Wildman–Crippen LogP) is 7.41. The van der Waals surface area contributed by atoms with Crippen molar-refractivity contribution in [2.75, 3.05) is 25.1 Å². The van der Waals surface area contributed by atoms with Gasteiger partial charge in [-0.3, -0.25) is 13.9 Å². The van der Waals surface area contributed by atoms with Crippen LogP contribution in [0.3, 0.4) is 0 Å². The maximum Gasteiger partial charge on any atom is 0.264 e. The van der Waals surface area contributed by atoms with Crippen LogP contribution in [0.2, 0.25) is 15.1 Å². The Kier molecular flexibility index (Phi) is 13.2. The van der Waals surface area contributed by atoms with Gasteiger partial charge in [0.1, 0.15) is 12.6 Å². The fourth-order valence-corrected chi connectivity index (χ4v) is 7.09. The van der Waals surface area contributed by atoms with Crippen LogP contribution in [-0.2, 0) is 32.6 Å². The second-order valence-electron chi connectivity index (χ2n) is 11.3. The van der Waals surface area contributed by atoms with Crippen molar-refractivity contribution in [3.63, 3.8) is 0 Å². The van der Waals surface area contributed by atoms with E-state index in [-0.39, 0.29) is 35.3 Å². The molecule has 0 aromatic heterocycles. The molecule has 0 fully saturated rings. The van der Waals surface area contributed by atoms with Crippen LogP contribution in [0.25, 0.3) is 0 Å². The largest absolute Gasteiger partial charge is 0.493 e. The van der Waals surface area contributed by atoms with Crippen molar-refractivity contribution in [2.24, 2.45) is 0 Å². The number of nitrogens with zero attached hydrogens (tertiary/aromatic N) is 2. The van der Waals surface area contributed by atoms with E-state index >= 15 is 0 Å². The molecule has 1 N–H and O–H groups in total. The highest BCUT2D eigenvalue weighted by Crippen LogP contribution is 2.33. The molecule has 0 heterocycles. The third kappa shape index (κ3) is 9.60. The molecule has 0 aliphatic carbocycles. The van der Waals surface area contributed by atoms with Crippen molar-refractivity contribution >= 4 is 62.3 Å². The van der Waals surface area contributed by atoms with E-state index in [1.807, 2.05) is 44.2 Å². The Balaban J connectivity index is 1.85. The van der Waals surface area contributed by atoms with Gasteiger partial charge < -0.3 is 19.7 Å². The normalized spacial score (nSPS) is 12.5. The summed E-state index contributed by atoms with van der Waals surface area (Å²) >= 11 is 18.9. The van der Waals surface area contributed by atoms with Crippen LogP contribution in [0.5, 0.6) is 11.5 Å². The molecule has 4 aromatic rings. The molecule has 0 bridgehead atoms. The van der Waals surface area contributed by atoms with Gasteiger partial charge in [0, 0.05) is 40.1 Å². The molecule has 4 aromatic carbocycles. The van der Waals surface area contributed by atoms with E-state index in [2.05, 4.69) is 5.32 Å². The number of sulfonamides is 1. The zero-order chi connectivity index (χ0) is 35.7. The summed E-state index contributed by atoms with van der Waals surface area (Å²) in [6.07, 6.45) is 0.818. The first-order chi connectivity index (χ1) is 23.4. The van der Waals surface area contributed by atoms with Crippen molar-refractivity contribution in [2.45, 2.75) is 50.2 Å². The Bertz CT molecular complexity index is 1860. The number of hydrogen-bond acceptors (Lipinski definition) is 6. The number of benzene rings is 4. The topological polar surface area (TPSA) is 105 Å². The third-order valence-electron chi connectivity index (χ3n) is 7.96. The minimum absolute atomic E-state index is 0.106. The number of nitrogens with one attached hydrogen (secondary N) is 1. The number of rotatable bonds is 15. The van der Waals surface area contributed by atoms with Crippen molar-refractivity contribution in [3.05, 3.63) is 117 Å². The van der Waals surface area contributed by atoms with Gasteiger partial charge in [0.2, 0.25) is 11.8 Å². The first-order valence-electron chi connectivity index (χ1n) is 15.5. The maximum absolute atomic E-state index is 14.7. The first kappa shape index (κ1) is 37.9. The van der Waals surface area contributed by atoms with E-state index in [1.165, 1.54) is 61.6 Å². The summed E-state index contributed by atoms with van der Waals surface area (Å²) in [6.45, 7) is 3.05. The fourth-order valence-electron chi connectivity index (χ4n) is 5.07. The van der Waals surface area contributed by atoms with E-state index in [1.54, 1.807) is 18.2 Å². The molecule has 2 amide bonds. The number of anilines is 1. The Morgan fingerprint density at radius 1 is 0.837 bits per heavy atom. The summed E-state index contributed by atoms with van der Waals surface area (Å²) in [6, 6.07) is 23.2. The van der Waals surface area contributed by atoms with E-state index < -0.39 is 34.4 Å². The van der Waals surface area contributed by atoms with Crippen molar-refractivity contribution in [1.82, 2.24) is 10.2 Å². The maximum atomic E-state index is 14.7. The van der Waals surface area contributed by atoms with E-state index in [0.717, 1.165) is 9.87 Å². The number of halogens is 3. The molecule has 260 valence electrons. The molecule has 13 heteroatoms. The summed E-state index contributed by atoms with van der Waals surface area (Å²) in [7, 11) is -1.57. The van der Waals surface area contributed by atoms with Crippen molar-refractivity contribution < 1.29 is 27.5 Å². The quantitative estimate of drug-likeness (QED) is 0.136. The zero-order valence-electron chi connectivity index (χ0n) is 27.5. The third-order valence-corrected chi connectivity index (χ3v) is 10.6. The lowest BCUT2D eigenvalue weighted by molar-refractivity contribution is -0.140. The predicted molar refractivity (Wildman–Crippen MR) is 194 cm³/mol. The molecule has 0 radical (unpaired) electrons. The van der Waals surface area contributed by atoms with Gasteiger partial charge in [0.05, 0.1) is 24.8 Å². The Morgan fingerprint density at radius 3 is 2.10 bits per heavy atom. The lowest BCUT2D eigenvalue weighted by Crippen LogP contribution is -2.54. The lowest BCUT2D eigenvalue weighted by atomic mass is 10.0. The van der Waals surface area contributed by atoms with Gasteiger partial charge in [-0.05, 0) is 73.0 Å². The number of carbonyl (C=O) groups excluding carboxylic acids is 2. The van der Waals surface area contributed by atoms with Crippen LogP contribution in [0.15, 0.2) is 95.9 Å². The standard InChI is InChI=1S/C36H38Cl3N3O6S/c1-5-24(2)40-36(44)32(19-25-9-7-6-8-10-25)41(22-26-11-12-28(38)20-31(26)39)35(43)23-42(29-15-13-27(37)14-16-29)49(45,46)30-17-18-33(47-3)34(21-30)48-4/h6-18,20-21,24,32H,5,19,22-23H2,1-4H3,(H,40,44)/t24-,32+/m1/s1. The van der Waals surface area contributed by atoms with E-state index in [4.69, 9.17) is 44.3 Å². The van der Waals surface area contributed by atoms with Gasteiger partial charge in [0.25, 0.3) is 10.0 Å². The van der Waals surface area contributed by atoms with Gasteiger partial charge in [0.15, 0.2) is 11.5 Å². The molecule has 0 saturated heterocycles. The van der Waals surface area contributed by atoms with Crippen LogP contribution in [0.4, 0.5) is 5.69 Å². The van der Waals surface area contributed by atoms with Crippen LogP contribution < -0.4 is 19.1 Å². The lowest BCUT2D eigenvalue weighted by Gasteiger charge is -2.34. The number of methoxy groups -OCH3 is 2. The van der Waals surface area contributed by atoms with Gasteiger partial charge in [-0.15, -0.1) is 0 Å². The van der Waals surface area contributed by atoms with E-state index in [0.29, 0.717) is 32.8 Å². The number of hydrogen-bond donors (Lipinski definition) is 1. The van der Waals surface area contributed by atoms with E-state index in [9.17, 15) is 18.0 Å². The average Bonchev–Trinajstić information content (AvgIpc) is 3.09. The Labute approximate surface area is 302 Å². The summed E-state index contributed by atoms with van der Waals surface area (Å²) in [5.74, 6) is -0.519. The molecular formula is C36H38Cl3N3O6S. The summed E-state index contributed by atoms with van der Waals surface area (Å²) in [5, 5.41) is 4.07. The second-order valence-corrected chi connectivity index (χ2v) is 14.4. The van der Waals surface area contributed by atoms with Gasteiger partial charge in [-0.1, -0.05) is 78.1 Å². The molecule has 0 aliphatic heterocycles. The zero-order valence-corrected chi connectivity index (χ0v) is 30.6. The highest BCUT2D eigenvalue weighted by molar-refractivity contribution is 7.92. The van der Waals surface area contributed by atoms with Crippen LogP contribution in [0, 0.1) is 0 Å². The molecule has 0 saturated carbocycles.